The number of amides is 1. The Hall–Kier alpha value is -2.37. The molecule has 1 aliphatic rings. The Morgan fingerprint density at radius 2 is 2.18 bits per heavy atom. The van der Waals surface area contributed by atoms with Crippen LogP contribution in [0.25, 0.3) is 11.1 Å². The number of piperidine rings is 1. The number of rotatable bonds is 4. The molecule has 22 heavy (non-hydrogen) atoms. The SMILES string of the molecule is O=C(O)C1CCCN(C(=O)CCc2nc3ccccc3o2)C1. The van der Waals surface area contributed by atoms with E-state index in [2.05, 4.69) is 4.98 Å². The second-order valence-corrected chi connectivity index (χ2v) is 5.59. The average molecular weight is 302 g/mol. The molecule has 0 saturated carbocycles. The number of likely N-dealkylation sites (tertiary alicyclic amines) is 1. The number of carboxylic acid groups (broad SMARTS) is 1. The molecule has 1 aliphatic heterocycles. The van der Waals surface area contributed by atoms with Gasteiger partial charge in [0.05, 0.1) is 5.92 Å². The summed E-state index contributed by atoms with van der Waals surface area (Å²) in [5.41, 5.74) is 1.50. The number of hydrogen-bond donors (Lipinski definition) is 1. The number of benzene rings is 1. The van der Waals surface area contributed by atoms with Crippen LogP contribution < -0.4 is 0 Å². The van der Waals surface area contributed by atoms with E-state index in [1.807, 2.05) is 24.3 Å². The van der Waals surface area contributed by atoms with Gasteiger partial charge in [0, 0.05) is 25.9 Å². The summed E-state index contributed by atoms with van der Waals surface area (Å²) in [6.45, 7) is 0.942. The molecule has 3 rings (SSSR count). The largest absolute Gasteiger partial charge is 0.481 e. The molecule has 2 heterocycles. The van der Waals surface area contributed by atoms with Gasteiger partial charge in [-0.2, -0.15) is 0 Å². The minimum atomic E-state index is -0.823. The van der Waals surface area contributed by atoms with Crippen molar-refractivity contribution in [3.8, 4) is 0 Å². The number of nitrogens with zero attached hydrogens (tertiary/aromatic N) is 2. The minimum absolute atomic E-state index is 0.0341. The normalized spacial score (nSPS) is 18.5. The van der Waals surface area contributed by atoms with Crippen LogP contribution >= 0.6 is 0 Å². The number of carbonyl (C=O) groups excluding carboxylic acids is 1. The molecule has 0 aliphatic carbocycles. The fourth-order valence-electron chi connectivity index (χ4n) is 2.80. The smallest absolute Gasteiger partial charge is 0.308 e. The fourth-order valence-corrected chi connectivity index (χ4v) is 2.80. The fraction of sp³-hybridized carbons (Fsp3) is 0.438. The van der Waals surface area contributed by atoms with Crippen LogP contribution in [0.4, 0.5) is 0 Å². The second kappa shape index (κ2) is 6.17. The van der Waals surface area contributed by atoms with Crippen molar-refractivity contribution in [3.05, 3.63) is 30.2 Å². The van der Waals surface area contributed by atoms with Gasteiger partial charge < -0.3 is 14.4 Å². The van der Waals surface area contributed by atoms with Crippen molar-refractivity contribution in [2.75, 3.05) is 13.1 Å². The lowest BCUT2D eigenvalue weighted by atomic mass is 9.98. The molecule has 1 fully saturated rings. The summed E-state index contributed by atoms with van der Waals surface area (Å²) in [6.07, 6.45) is 2.11. The number of fused-ring (bicyclic) bond motifs is 1. The van der Waals surface area contributed by atoms with Gasteiger partial charge in [0.2, 0.25) is 5.91 Å². The van der Waals surface area contributed by atoms with Crippen LogP contribution in [0, 0.1) is 5.92 Å². The summed E-state index contributed by atoms with van der Waals surface area (Å²) in [5.74, 6) is -0.756. The molecule has 0 bridgehead atoms. The van der Waals surface area contributed by atoms with Crippen LogP contribution in [-0.4, -0.2) is 40.0 Å². The number of aryl methyl sites for hydroxylation is 1. The first kappa shape index (κ1) is 14.6. The van der Waals surface area contributed by atoms with Gasteiger partial charge in [0.1, 0.15) is 5.52 Å². The molecule has 1 N–H and O–H groups in total. The molecular weight excluding hydrogens is 284 g/mol. The zero-order valence-electron chi connectivity index (χ0n) is 12.2. The molecular formula is C16H18N2O4. The van der Waals surface area contributed by atoms with E-state index >= 15 is 0 Å². The van der Waals surface area contributed by atoms with E-state index in [4.69, 9.17) is 9.52 Å². The van der Waals surface area contributed by atoms with E-state index in [0.717, 1.165) is 11.9 Å². The number of para-hydroxylation sites is 2. The van der Waals surface area contributed by atoms with Gasteiger partial charge in [-0.3, -0.25) is 9.59 Å². The van der Waals surface area contributed by atoms with E-state index in [1.54, 1.807) is 4.90 Å². The highest BCUT2D eigenvalue weighted by molar-refractivity contribution is 5.78. The zero-order chi connectivity index (χ0) is 15.5. The van der Waals surface area contributed by atoms with Crippen molar-refractivity contribution in [2.45, 2.75) is 25.7 Å². The summed E-state index contributed by atoms with van der Waals surface area (Å²) in [5, 5.41) is 9.06. The van der Waals surface area contributed by atoms with Crippen molar-refractivity contribution in [2.24, 2.45) is 5.92 Å². The van der Waals surface area contributed by atoms with Crippen molar-refractivity contribution >= 4 is 23.0 Å². The number of aliphatic carboxylic acids is 1. The van der Waals surface area contributed by atoms with E-state index in [1.165, 1.54) is 0 Å². The Morgan fingerprint density at radius 1 is 1.36 bits per heavy atom. The molecule has 0 spiro atoms. The van der Waals surface area contributed by atoms with Crippen molar-refractivity contribution in [1.82, 2.24) is 9.88 Å². The lowest BCUT2D eigenvalue weighted by molar-refractivity contribution is -0.145. The Morgan fingerprint density at radius 3 is 2.95 bits per heavy atom. The zero-order valence-corrected chi connectivity index (χ0v) is 12.2. The van der Waals surface area contributed by atoms with Gasteiger partial charge in [-0.25, -0.2) is 4.98 Å². The molecule has 6 heteroatoms. The van der Waals surface area contributed by atoms with Crippen LogP contribution in [-0.2, 0) is 16.0 Å². The first-order valence-electron chi connectivity index (χ1n) is 7.48. The Bertz CT molecular complexity index is 661. The number of carboxylic acids is 1. The summed E-state index contributed by atoms with van der Waals surface area (Å²) >= 11 is 0. The van der Waals surface area contributed by atoms with Crippen LogP contribution in [0.15, 0.2) is 28.7 Å². The lowest BCUT2D eigenvalue weighted by Gasteiger charge is -2.30. The molecule has 1 atom stereocenters. The Kier molecular flexibility index (Phi) is 4.09. The molecule has 1 aromatic carbocycles. The topological polar surface area (TPSA) is 83.6 Å². The van der Waals surface area contributed by atoms with Crippen LogP contribution in [0.5, 0.6) is 0 Å². The molecule has 116 valence electrons. The molecule has 1 amide bonds. The summed E-state index contributed by atoms with van der Waals surface area (Å²) in [6, 6.07) is 7.48. The van der Waals surface area contributed by atoms with Gasteiger partial charge in [0.25, 0.3) is 0 Å². The number of oxazole rings is 1. The third-order valence-electron chi connectivity index (χ3n) is 4.01. The number of carbonyl (C=O) groups is 2. The Balaban J connectivity index is 1.58. The first-order valence-corrected chi connectivity index (χ1v) is 7.48. The summed E-state index contributed by atoms with van der Waals surface area (Å²) in [4.78, 5) is 29.2. The molecule has 2 aromatic rings. The highest BCUT2D eigenvalue weighted by atomic mass is 16.4. The molecule has 1 unspecified atom stereocenters. The maximum Gasteiger partial charge on any atom is 0.308 e. The highest BCUT2D eigenvalue weighted by Gasteiger charge is 2.27. The van der Waals surface area contributed by atoms with E-state index in [-0.39, 0.29) is 5.91 Å². The minimum Gasteiger partial charge on any atom is -0.481 e. The third-order valence-corrected chi connectivity index (χ3v) is 4.01. The van der Waals surface area contributed by atoms with E-state index < -0.39 is 11.9 Å². The van der Waals surface area contributed by atoms with Gasteiger partial charge in [-0.1, -0.05) is 12.1 Å². The van der Waals surface area contributed by atoms with Gasteiger partial charge in [0.15, 0.2) is 11.5 Å². The number of aromatic nitrogens is 1. The molecule has 0 radical (unpaired) electrons. The molecule has 1 saturated heterocycles. The standard InChI is InChI=1S/C16H18N2O4/c19-15(18-9-3-4-11(10-18)16(20)21)8-7-14-17-12-5-1-2-6-13(12)22-14/h1-2,5-6,11H,3-4,7-10H2,(H,20,21). The lowest BCUT2D eigenvalue weighted by Crippen LogP contribution is -2.42. The average Bonchev–Trinajstić information content (AvgIpc) is 2.95. The number of hydrogen-bond acceptors (Lipinski definition) is 4. The molecule has 6 nitrogen and oxygen atoms in total. The van der Waals surface area contributed by atoms with Crippen LogP contribution in [0.1, 0.15) is 25.2 Å². The maximum atomic E-state index is 12.2. The molecule has 1 aromatic heterocycles. The quantitative estimate of drug-likeness (QED) is 0.935. The summed E-state index contributed by atoms with van der Waals surface area (Å²) < 4.78 is 5.59. The van der Waals surface area contributed by atoms with Crippen LogP contribution in [0.2, 0.25) is 0 Å². The van der Waals surface area contributed by atoms with Crippen LogP contribution in [0.3, 0.4) is 0 Å². The monoisotopic (exact) mass is 302 g/mol. The predicted octanol–water partition coefficient (Wildman–Crippen LogP) is 2.08. The van der Waals surface area contributed by atoms with E-state index in [0.29, 0.717) is 43.8 Å². The van der Waals surface area contributed by atoms with Crippen molar-refractivity contribution < 1.29 is 19.1 Å². The third kappa shape index (κ3) is 3.10. The second-order valence-electron chi connectivity index (χ2n) is 5.59. The van der Waals surface area contributed by atoms with Crippen molar-refractivity contribution in [3.63, 3.8) is 0 Å². The van der Waals surface area contributed by atoms with Gasteiger partial charge in [-0.05, 0) is 25.0 Å². The summed E-state index contributed by atoms with van der Waals surface area (Å²) in [7, 11) is 0. The van der Waals surface area contributed by atoms with Gasteiger partial charge in [-0.15, -0.1) is 0 Å². The maximum absolute atomic E-state index is 12.2. The van der Waals surface area contributed by atoms with Gasteiger partial charge >= 0.3 is 5.97 Å². The first-order chi connectivity index (χ1) is 10.6. The van der Waals surface area contributed by atoms with Crippen molar-refractivity contribution in [1.29, 1.82) is 0 Å². The highest BCUT2D eigenvalue weighted by Crippen LogP contribution is 2.19. The van der Waals surface area contributed by atoms with E-state index in [9.17, 15) is 9.59 Å². The predicted molar refractivity (Wildman–Crippen MR) is 79.3 cm³/mol. The Labute approximate surface area is 127 Å².